The number of hydrogen-bond acceptors (Lipinski definition) is 4. The van der Waals surface area contributed by atoms with Gasteiger partial charge >= 0.3 is 0 Å². The molecule has 2 N–H and O–H groups in total. The second-order valence-corrected chi connectivity index (χ2v) is 5.48. The van der Waals surface area contributed by atoms with Crippen LogP contribution in [-0.4, -0.2) is 43.9 Å². The maximum atomic E-state index is 11.4. The van der Waals surface area contributed by atoms with Crippen molar-refractivity contribution < 1.29 is 4.79 Å². The third kappa shape index (κ3) is 3.07. The number of ketones is 1. The van der Waals surface area contributed by atoms with E-state index in [9.17, 15) is 4.79 Å². The summed E-state index contributed by atoms with van der Waals surface area (Å²) in [4.78, 5) is 16.0. The predicted octanol–water partition coefficient (Wildman–Crippen LogP) is 2.00. The molecule has 0 aliphatic carbocycles. The summed E-state index contributed by atoms with van der Waals surface area (Å²) >= 11 is 0. The number of nitrogen functional groups attached to an aromatic ring is 1. The second-order valence-electron chi connectivity index (χ2n) is 5.48. The van der Waals surface area contributed by atoms with E-state index in [1.807, 2.05) is 18.2 Å². The molecule has 1 aliphatic rings. The molecule has 1 unspecified atom stereocenters. The number of Topliss-reactive ketones (excluding diaryl/α,β-unsaturated/α-hetero) is 1. The Bertz CT molecular complexity index is 472. The van der Waals surface area contributed by atoms with Crippen LogP contribution in [0, 0.1) is 0 Å². The average Bonchev–Trinajstić information content (AvgIpc) is 2.74. The van der Waals surface area contributed by atoms with Gasteiger partial charge in [0.25, 0.3) is 0 Å². The van der Waals surface area contributed by atoms with Crippen molar-refractivity contribution in [3.8, 4) is 0 Å². The minimum atomic E-state index is 0.0160. The molecule has 1 aromatic rings. The number of benzene rings is 1. The summed E-state index contributed by atoms with van der Waals surface area (Å²) in [6.45, 7) is 3.72. The van der Waals surface area contributed by atoms with Crippen molar-refractivity contribution in [1.29, 1.82) is 0 Å². The van der Waals surface area contributed by atoms with Crippen molar-refractivity contribution in [3.05, 3.63) is 23.8 Å². The Hall–Kier alpha value is -1.55. The molecule has 1 saturated heterocycles. The molecule has 4 heteroatoms. The van der Waals surface area contributed by atoms with E-state index in [-0.39, 0.29) is 5.78 Å². The molecule has 1 atom stereocenters. The first-order valence-corrected chi connectivity index (χ1v) is 6.81. The fourth-order valence-corrected chi connectivity index (χ4v) is 2.74. The normalized spacial score (nSPS) is 19.6. The topological polar surface area (TPSA) is 49.6 Å². The number of likely N-dealkylation sites (N-methyl/N-ethyl adjacent to an activating group) is 2. The summed E-state index contributed by atoms with van der Waals surface area (Å²) in [5.74, 6) is 0.0160. The summed E-state index contributed by atoms with van der Waals surface area (Å²) in [7, 11) is 4.26. The Morgan fingerprint density at radius 1 is 1.53 bits per heavy atom. The molecule has 104 valence electrons. The molecule has 2 rings (SSSR count). The maximum absolute atomic E-state index is 11.4. The molecule has 0 saturated carbocycles. The summed E-state index contributed by atoms with van der Waals surface area (Å²) in [6, 6.07) is 6.30. The van der Waals surface area contributed by atoms with Crippen molar-refractivity contribution in [2.24, 2.45) is 0 Å². The lowest BCUT2D eigenvalue weighted by Gasteiger charge is -2.27. The first-order chi connectivity index (χ1) is 8.99. The lowest BCUT2D eigenvalue weighted by Crippen LogP contribution is -2.36. The van der Waals surface area contributed by atoms with Gasteiger partial charge in [-0.15, -0.1) is 0 Å². The van der Waals surface area contributed by atoms with Gasteiger partial charge in [-0.1, -0.05) is 0 Å². The second kappa shape index (κ2) is 5.61. The zero-order valence-electron chi connectivity index (χ0n) is 12.0. The van der Waals surface area contributed by atoms with E-state index in [1.54, 1.807) is 6.92 Å². The fraction of sp³-hybridized carbons (Fsp3) is 0.533. The standard InChI is InChI=1S/C15H23N3O/c1-11(19)14-7-6-12(9-15(14)16)18(3)10-13-5-4-8-17(13)2/h6-7,9,13H,4-5,8,10,16H2,1-3H3. The average molecular weight is 261 g/mol. The Morgan fingerprint density at radius 2 is 2.26 bits per heavy atom. The Kier molecular flexibility index (Phi) is 4.10. The van der Waals surface area contributed by atoms with Crippen LogP contribution in [0.5, 0.6) is 0 Å². The van der Waals surface area contributed by atoms with Crippen LogP contribution in [0.15, 0.2) is 18.2 Å². The van der Waals surface area contributed by atoms with E-state index in [1.165, 1.54) is 19.4 Å². The van der Waals surface area contributed by atoms with Crippen molar-refractivity contribution in [3.63, 3.8) is 0 Å². The molecule has 4 nitrogen and oxygen atoms in total. The highest BCUT2D eigenvalue weighted by Crippen LogP contribution is 2.23. The summed E-state index contributed by atoms with van der Waals surface area (Å²) < 4.78 is 0. The molecule has 1 heterocycles. The minimum absolute atomic E-state index is 0.0160. The van der Waals surface area contributed by atoms with E-state index in [0.717, 1.165) is 12.2 Å². The highest BCUT2D eigenvalue weighted by Gasteiger charge is 2.22. The van der Waals surface area contributed by atoms with Crippen LogP contribution in [0.25, 0.3) is 0 Å². The predicted molar refractivity (Wildman–Crippen MR) is 79.8 cm³/mol. The molecule has 1 aromatic carbocycles. The van der Waals surface area contributed by atoms with Crippen LogP contribution in [0.4, 0.5) is 11.4 Å². The smallest absolute Gasteiger partial charge is 0.161 e. The molecule has 1 fully saturated rings. The van der Waals surface area contributed by atoms with Gasteiger partial charge in [0.15, 0.2) is 5.78 Å². The highest BCUT2D eigenvalue weighted by atomic mass is 16.1. The maximum Gasteiger partial charge on any atom is 0.161 e. The largest absolute Gasteiger partial charge is 0.398 e. The molecule has 0 radical (unpaired) electrons. The number of nitrogens with zero attached hydrogens (tertiary/aromatic N) is 2. The lowest BCUT2D eigenvalue weighted by molar-refractivity contribution is 0.101. The number of anilines is 2. The van der Waals surface area contributed by atoms with Gasteiger partial charge < -0.3 is 15.5 Å². The molecular weight excluding hydrogens is 238 g/mol. The van der Waals surface area contributed by atoms with Gasteiger partial charge in [0, 0.05) is 36.6 Å². The molecule has 19 heavy (non-hydrogen) atoms. The van der Waals surface area contributed by atoms with Gasteiger partial charge in [-0.3, -0.25) is 4.79 Å². The molecule has 0 amide bonds. The Labute approximate surface area is 115 Å². The van der Waals surface area contributed by atoms with Gasteiger partial charge in [0.05, 0.1) is 0 Å². The number of likely N-dealkylation sites (tertiary alicyclic amines) is 1. The number of carbonyl (C=O) groups excluding carboxylic acids is 1. The molecule has 0 spiro atoms. The van der Waals surface area contributed by atoms with Crippen molar-refractivity contribution in [2.75, 3.05) is 37.8 Å². The van der Waals surface area contributed by atoms with E-state index in [0.29, 0.717) is 17.3 Å². The van der Waals surface area contributed by atoms with Crippen LogP contribution in [-0.2, 0) is 0 Å². The molecular formula is C15H23N3O. The number of nitrogens with two attached hydrogens (primary N) is 1. The van der Waals surface area contributed by atoms with Crippen LogP contribution in [0.1, 0.15) is 30.1 Å². The quantitative estimate of drug-likeness (QED) is 0.665. The Balaban J connectivity index is 2.09. The highest BCUT2D eigenvalue weighted by molar-refractivity contribution is 5.99. The Morgan fingerprint density at radius 3 is 2.79 bits per heavy atom. The minimum Gasteiger partial charge on any atom is -0.398 e. The van der Waals surface area contributed by atoms with E-state index < -0.39 is 0 Å². The molecule has 0 aromatic heterocycles. The van der Waals surface area contributed by atoms with Crippen molar-refractivity contribution in [2.45, 2.75) is 25.8 Å². The first-order valence-electron chi connectivity index (χ1n) is 6.81. The van der Waals surface area contributed by atoms with Gasteiger partial charge in [-0.2, -0.15) is 0 Å². The lowest BCUT2D eigenvalue weighted by atomic mass is 10.1. The SMILES string of the molecule is CC(=O)c1ccc(N(C)CC2CCCN2C)cc1N. The van der Waals surface area contributed by atoms with Crippen LogP contribution in [0.3, 0.4) is 0 Å². The van der Waals surface area contributed by atoms with E-state index in [2.05, 4.69) is 23.9 Å². The third-order valence-corrected chi connectivity index (χ3v) is 4.01. The summed E-state index contributed by atoms with van der Waals surface area (Å²) in [5, 5.41) is 0. The zero-order chi connectivity index (χ0) is 14.0. The summed E-state index contributed by atoms with van der Waals surface area (Å²) in [6.07, 6.45) is 2.53. The zero-order valence-corrected chi connectivity index (χ0v) is 12.0. The molecule has 0 bridgehead atoms. The number of carbonyl (C=O) groups is 1. The number of hydrogen-bond donors (Lipinski definition) is 1. The van der Waals surface area contributed by atoms with Gasteiger partial charge in [0.2, 0.25) is 0 Å². The third-order valence-electron chi connectivity index (χ3n) is 4.01. The monoisotopic (exact) mass is 261 g/mol. The van der Waals surface area contributed by atoms with Gasteiger partial charge in [-0.05, 0) is 51.6 Å². The van der Waals surface area contributed by atoms with Crippen molar-refractivity contribution >= 4 is 17.2 Å². The van der Waals surface area contributed by atoms with Crippen LogP contribution >= 0.6 is 0 Å². The summed E-state index contributed by atoms with van der Waals surface area (Å²) in [5.41, 5.74) is 8.18. The van der Waals surface area contributed by atoms with E-state index in [4.69, 9.17) is 5.73 Å². The van der Waals surface area contributed by atoms with Gasteiger partial charge in [-0.25, -0.2) is 0 Å². The number of rotatable bonds is 4. The van der Waals surface area contributed by atoms with Crippen LogP contribution < -0.4 is 10.6 Å². The first kappa shape index (κ1) is 13.9. The van der Waals surface area contributed by atoms with Crippen molar-refractivity contribution in [1.82, 2.24) is 4.90 Å². The fourth-order valence-electron chi connectivity index (χ4n) is 2.74. The molecule has 1 aliphatic heterocycles. The van der Waals surface area contributed by atoms with Crippen LogP contribution in [0.2, 0.25) is 0 Å². The van der Waals surface area contributed by atoms with Gasteiger partial charge in [0.1, 0.15) is 0 Å². The van der Waals surface area contributed by atoms with E-state index >= 15 is 0 Å².